The van der Waals surface area contributed by atoms with Gasteiger partial charge in [-0.1, -0.05) is 47.5 Å². The first kappa shape index (κ1) is 13.2. The average Bonchev–Trinajstić information content (AvgIpc) is 2.88. The molecule has 1 aliphatic rings. The summed E-state index contributed by atoms with van der Waals surface area (Å²) >= 11 is 5.97. The summed E-state index contributed by atoms with van der Waals surface area (Å²) in [5, 5.41) is 0.765. The van der Waals surface area contributed by atoms with Gasteiger partial charge in [0.25, 0.3) is 0 Å². The number of hydrogen-bond donors (Lipinski definition) is 2. The zero-order valence-electron chi connectivity index (χ0n) is 11.6. The van der Waals surface area contributed by atoms with Crippen LogP contribution in [-0.2, 0) is 0 Å². The zero-order chi connectivity index (χ0) is 14.1. The second-order valence-corrected chi connectivity index (χ2v) is 5.59. The number of aryl methyl sites for hydroxylation is 2. The number of hydrogen-bond acceptors (Lipinski definition) is 2. The van der Waals surface area contributed by atoms with Crippen molar-refractivity contribution in [2.24, 2.45) is 0 Å². The Kier molecular flexibility index (Phi) is 3.51. The van der Waals surface area contributed by atoms with Gasteiger partial charge in [-0.05, 0) is 37.1 Å². The minimum atomic E-state index is 0.765. The van der Waals surface area contributed by atoms with Gasteiger partial charge >= 0.3 is 0 Å². The van der Waals surface area contributed by atoms with E-state index in [1.165, 1.54) is 27.8 Å². The van der Waals surface area contributed by atoms with Gasteiger partial charge in [0.2, 0.25) is 0 Å². The molecule has 0 spiro atoms. The van der Waals surface area contributed by atoms with Crippen LogP contribution in [0, 0.1) is 13.8 Å². The summed E-state index contributed by atoms with van der Waals surface area (Å²) in [7, 11) is 0. The molecule has 0 bridgehead atoms. The molecule has 0 atom stereocenters. The Morgan fingerprint density at radius 2 is 1.75 bits per heavy atom. The topological polar surface area (TPSA) is 24.1 Å². The molecule has 0 unspecified atom stereocenters. The predicted octanol–water partition coefficient (Wildman–Crippen LogP) is 3.93. The molecule has 0 aliphatic carbocycles. The van der Waals surface area contributed by atoms with Crippen molar-refractivity contribution in [2.45, 2.75) is 13.8 Å². The lowest BCUT2D eigenvalue weighted by molar-refractivity contribution is 0.741. The van der Waals surface area contributed by atoms with Crippen molar-refractivity contribution in [1.82, 2.24) is 10.9 Å². The van der Waals surface area contributed by atoms with Crippen LogP contribution in [-0.4, -0.2) is 6.54 Å². The molecule has 102 valence electrons. The fraction of sp³-hybridized carbons (Fsp3) is 0.176. The number of halogens is 1. The first-order valence-corrected chi connectivity index (χ1v) is 7.08. The minimum absolute atomic E-state index is 0.765. The minimum Gasteiger partial charge on any atom is -0.320 e. The van der Waals surface area contributed by atoms with Crippen LogP contribution in [0.5, 0.6) is 0 Å². The molecule has 0 radical (unpaired) electrons. The summed E-state index contributed by atoms with van der Waals surface area (Å²) in [6, 6.07) is 14.5. The maximum atomic E-state index is 5.97. The van der Waals surface area contributed by atoms with E-state index < -0.39 is 0 Å². The second kappa shape index (κ2) is 5.31. The van der Waals surface area contributed by atoms with Crippen molar-refractivity contribution >= 4 is 22.9 Å². The zero-order valence-corrected chi connectivity index (χ0v) is 12.4. The summed E-state index contributed by atoms with van der Waals surface area (Å²) in [6.45, 7) is 5.07. The summed E-state index contributed by atoms with van der Waals surface area (Å²) < 4.78 is 0. The average molecular weight is 285 g/mol. The van der Waals surface area contributed by atoms with E-state index in [4.69, 9.17) is 11.6 Å². The van der Waals surface area contributed by atoms with Crippen LogP contribution in [0.15, 0.2) is 42.5 Å². The number of hydrazine groups is 1. The second-order valence-electron chi connectivity index (χ2n) is 5.16. The van der Waals surface area contributed by atoms with E-state index in [2.05, 4.69) is 55.0 Å². The van der Waals surface area contributed by atoms with Gasteiger partial charge in [-0.25, -0.2) is 5.43 Å². The normalized spacial score (nSPS) is 14.6. The van der Waals surface area contributed by atoms with Gasteiger partial charge in [-0.3, -0.25) is 0 Å². The van der Waals surface area contributed by atoms with E-state index in [9.17, 15) is 0 Å². The summed E-state index contributed by atoms with van der Waals surface area (Å²) in [4.78, 5) is 0. The van der Waals surface area contributed by atoms with Crippen molar-refractivity contribution in [2.75, 3.05) is 6.54 Å². The number of nitrogens with one attached hydrogen (secondary N) is 2. The maximum Gasteiger partial charge on any atom is 0.0614 e. The van der Waals surface area contributed by atoms with Crippen molar-refractivity contribution in [3.05, 3.63) is 69.7 Å². The SMILES string of the molecule is Cc1ccc(C2=C(c3ccc(Cl)cc3)CNN2)c(C)c1. The van der Waals surface area contributed by atoms with Crippen LogP contribution >= 0.6 is 11.6 Å². The maximum absolute atomic E-state index is 5.97. The number of rotatable bonds is 2. The Morgan fingerprint density at radius 3 is 2.45 bits per heavy atom. The summed E-state index contributed by atoms with van der Waals surface area (Å²) in [6.07, 6.45) is 0. The van der Waals surface area contributed by atoms with Crippen LogP contribution in [0.2, 0.25) is 5.02 Å². The molecule has 0 aromatic heterocycles. The van der Waals surface area contributed by atoms with E-state index in [0.29, 0.717) is 0 Å². The van der Waals surface area contributed by atoms with E-state index in [-0.39, 0.29) is 0 Å². The lowest BCUT2D eigenvalue weighted by Gasteiger charge is -2.11. The highest BCUT2D eigenvalue weighted by molar-refractivity contribution is 6.30. The highest BCUT2D eigenvalue weighted by Gasteiger charge is 2.18. The van der Waals surface area contributed by atoms with Gasteiger partial charge < -0.3 is 5.43 Å². The third-order valence-electron chi connectivity index (χ3n) is 3.62. The molecule has 2 aromatic rings. The quantitative estimate of drug-likeness (QED) is 0.873. The molecule has 1 aliphatic heterocycles. The standard InChI is InChI=1S/C17H17ClN2/c1-11-3-8-15(12(2)9-11)17-16(10-19-20-17)13-4-6-14(18)7-5-13/h3-9,19-20H,10H2,1-2H3. The van der Waals surface area contributed by atoms with Crippen LogP contribution < -0.4 is 10.9 Å². The molecular weight excluding hydrogens is 268 g/mol. The Morgan fingerprint density at radius 1 is 1.00 bits per heavy atom. The van der Waals surface area contributed by atoms with E-state index in [1.54, 1.807) is 0 Å². The van der Waals surface area contributed by atoms with Crippen molar-refractivity contribution in [3.8, 4) is 0 Å². The predicted molar refractivity (Wildman–Crippen MR) is 85.3 cm³/mol. The van der Waals surface area contributed by atoms with Crippen LogP contribution in [0.3, 0.4) is 0 Å². The van der Waals surface area contributed by atoms with Crippen molar-refractivity contribution < 1.29 is 0 Å². The van der Waals surface area contributed by atoms with Gasteiger partial charge in [0, 0.05) is 22.7 Å². The molecule has 20 heavy (non-hydrogen) atoms. The molecule has 3 rings (SSSR count). The van der Waals surface area contributed by atoms with Gasteiger partial charge in [0.15, 0.2) is 0 Å². The van der Waals surface area contributed by atoms with Crippen LogP contribution in [0.25, 0.3) is 11.3 Å². The highest BCUT2D eigenvalue weighted by Crippen LogP contribution is 2.29. The first-order valence-electron chi connectivity index (χ1n) is 6.71. The van der Waals surface area contributed by atoms with Crippen LogP contribution in [0.1, 0.15) is 22.3 Å². The fourth-order valence-corrected chi connectivity index (χ4v) is 2.73. The molecule has 2 nitrogen and oxygen atoms in total. The van der Waals surface area contributed by atoms with Crippen LogP contribution in [0.4, 0.5) is 0 Å². The van der Waals surface area contributed by atoms with E-state index in [0.717, 1.165) is 17.3 Å². The first-order chi connectivity index (χ1) is 9.65. The smallest absolute Gasteiger partial charge is 0.0614 e. The van der Waals surface area contributed by atoms with E-state index in [1.807, 2.05) is 12.1 Å². The molecule has 2 aromatic carbocycles. The molecule has 0 fully saturated rings. The Hall–Kier alpha value is -1.77. The van der Waals surface area contributed by atoms with Gasteiger partial charge in [-0.15, -0.1) is 0 Å². The lowest BCUT2D eigenvalue weighted by Crippen LogP contribution is -2.23. The van der Waals surface area contributed by atoms with Gasteiger partial charge in [0.05, 0.1) is 5.70 Å². The largest absolute Gasteiger partial charge is 0.320 e. The van der Waals surface area contributed by atoms with Gasteiger partial charge in [0.1, 0.15) is 0 Å². The molecule has 0 saturated heterocycles. The Labute approximate surface area is 124 Å². The van der Waals surface area contributed by atoms with E-state index >= 15 is 0 Å². The van der Waals surface area contributed by atoms with Crippen molar-refractivity contribution in [3.63, 3.8) is 0 Å². The Balaban J connectivity index is 2.09. The molecule has 3 heteroatoms. The summed E-state index contributed by atoms with van der Waals surface area (Å²) in [5.74, 6) is 0. The molecule has 2 N–H and O–H groups in total. The molecular formula is C17H17ClN2. The Bertz CT molecular complexity index is 672. The third-order valence-corrected chi connectivity index (χ3v) is 3.88. The summed E-state index contributed by atoms with van der Waals surface area (Å²) in [5.41, 5.74) is 13.9. The monoisotopic (exact) mass is 284 g/mol. The molecule has 0 saturated carbocycles. The molecule has 0 amide bonds. The van der Waals surface area contributed by atoms with Crippen molar-refractivity contribution in [1.29, 1.82) is 0 Å². The lowest BCUT2D eigenvalue weighted by atomic mass is 9.97. The third kappa shape index (κ3) is 2.45. The number of benzene rings is 2. The fourth-order valence-electron chi connectivity index (χ4n) is 2.61. The molecule has 1 heterocycles. The highest BCUT2D eigenvalue weighted by atomic mass is 35.5. The van der Waals surface area contributed by atoms with Gasteiger partial charge in [-0.2, -0.15) is 0 Å².